The molecule has 0 bridgehead atoms. The predicted octanol–water partition coefficient (Wildman–Crippen LogP) is 2.29. The zero-order chi connectivity index (χ0) is 16.4. The molecule has 0 unspecified atom stereocenters. The molecule has 0 saturated carbocycles. The maximum Gasteiger partial charge on any atom is 0.335 e. The van der Waals surface area contributed by atoms with Crippen molar-refractivity contribution in [3.63, 3.8) is 0 Å². The van der Waals surface area contributed by atoms with E-state index in [-0.39, 0.29) is 29.9 Å². The minimum atomic E-state index is -1.04. The van der Waals surface area contributed by atoms with Gasteiger partial charge < -0.3 is 5.11 Å². The number of benzene rings is 1. The van der Waals surface area contributed by atoms with Crippen molar-refractivity contribution in [2.24, 2.45) is 4.99 Å². The Labute approximate surface area is 131 Å². The van der Waals surface area contributed by atoms with Gasteiger partial charge >= 0.3 is 5.97 Å². The molecule has 0 fully saturated rings. The number of nitrogens with zero attached hydrogens (tertiary/aromatic N) is 3. The van der Waals surface area contributed by atoms with Gasteiger partial charge in [-0.3, -0.25) is 9.79 Å². The minimum absolute atomic E-state index is 0.0552. The van der Waals surface area contributed by atoms with Gasteiger partial charge in [-0.1, -0.05) is 0 Å². The average molecular weight is 305 g/mol. The fourth-order valence-electron chi connectivity index (χ4n) is 2.45. The number of fused-ring (bicyclic) bond motifs is 1. The third-order valence-corrected chi connectivity index (χ3v) is 3.54. The summed E-state index contributed by atoms with van der Waals surface area (Å²) in [5.74, 6) is -1.10. The second-order valence-corrected chi connectivity index (χ2v) is 5.14. The summed E-state index contributed by atoms with van der Waals surface area (Å²) in [6.45, 7) is 0. The van der Waals surface area contributed by atoms with Gasteiger partial charge in [-0.05, 0) is 35.9 Å². The van der Waals surface area contributed by atoms with Gasteiger partial charge in [0.25, 0.3) is 0 Å². The van der Waals surface area contributed by atoms with E-state index >= 15 is 0 Å². The first-order valence-corrected chi connectivity index (χ1v) is 6.89. The Hall–Kier alpha value is -3.33. The first-order chi connectivity index (χ1) is 11.1. The zero-order valence-corrected chi connectivity index (χ0v) is 12.0. The molecule has 1 N–H and O–H groups in total. The Balaban J connectivity index is 2.10. The van der Waals surface area contributed by atoms with Crippen LogP contribution in [0.4, 0.5) is 5.69 Å². The number of rotatable bonds is 2. The summed E-state index contributed by atoms with van der Waals surface area (Å²) in [6, 6.07) is 9.79. The SMILES string of the molecule is N#Cc1cc(C2=Nc3ccc(C(=O)O)cc3CC(=O)C2)ccn1. The van der Waals surface area contributed by atoms with Crippen LogP contribution in [0.3, 0.4) is 0 Å². The Bertz CT molecular complexity index is 894. The lowest BCUT2D eigenvalue weighted by Gasteiger charge is -2.04. The van der Waals surface area contributed by atoms with Crippen LogP contribution in [0.15, 0.2) is 41.5 Å². The predicted molar refractivity (Wildman–Crippen MR) is 81.9 cm³/mol. The number of Topliss-reactive ketones (excluding diaryl/α,β-unsaturated/α-hetero) is 1. The maximum absolute atomic E-state index is 12.2. The van der Waals surface area contributed by atoms with Gasteiger partial charge in [-0.15, -0.1) is 0 Å². The molecule has 2 aromatic rings. The van der Waals surface area contributed by atoms with Crippen LogP contribution in [0.25, 0.3) is 0 Å². The van der Waals surface area contributed by atoms with E-state index in [0.29, 0.717) is 22.5 Å². The summed E-state index contributed by atoms with van der Waals surface area (Å²) in [6.07, 6.45) is 1.77. The number of carbonyl (C=O) groups is 2. The molecule has 1 aromatic carbocycles. The second-order valence-electron chi connectivity index (χ2n) is 5.14. The number of aromatic carboxylic acids is 1. The van der Waals surface area contributed by atoms with Gasteiger partial charge in [0.15, 0.2) is 0 Å². The van der Waals surface area contributed by atoms with Crippen molar-refractivity contribution in [2.45, 2.75) is 12.8 Å². The van der Waals surface area contributed by atoms with E-state index in [2.05, 4.69) is 9.98 Å². The quantitative estimate of drug-likeness (QED) is 0.916. The molecule has 0 radical (unpaired) electrons. The van der Waals surface area contributed by atoms with Gasteiger partial charge in [0.1, 0.15) is 17.5 Å². The van der Waals surface area contributed by atoms with Gasteiger partial charge in [0.2, 0.25) is 0 Å². The summed E-state index contributed by atoms with van der Waals surface area (Å²) in [5, 5.41) is 18.0. The summed E-state index contributed by atoms with van der Waals surface area (Å²) in [7, 11) is 0. The van der Waals surface area contributed by atoms with E-state index < -0.39 is 5.97 Å². The lowest BCUT2D eigenvalue weighted by atomic mass is 10.0. The van der Waals surface area contributed by atoms with Crippen molar-refractivity contribution in [1.82, 2.24) is 4.98 Å². The van der Waals surface area contributed by atoms with E-state index in [1.807, 2.05) is 6.07 Å². The minimum Gasteiger partial charge on any atom is -0.478 e. The summed E-state index contributed by atoms with van der Waals surface area (Å²) >= 11 is 0. The molecule has 0 aliphatic carbocycles. The third kappa shape index (κ3) is 2.99. The van der Waals surface area contributed by atoms with Crippen LogP contribution in [0.2, 0.25) is 0 Å². The van der Waals surface area contributed by atoms with Gasteiger partial charge in [0.05, 0.1) is 17.0 Å². The fourth-order valence-corrected chi connectivity index (χ4v) is 2.45. The second kappa shape index (κ2) is 5.81. The number of aliphatic imine (C=N–C) groups is 1. The van der Waals surface area contributed by atoms with Crippen molar-refractivity contribution < 1.29 is 14.7 Å². The van der Waals surface area contributed by atoms with Gasteiger partial charge in [-0.2, -0.15) is 5.26 Å². The van der Waals surface area contributed by atoms with Gasteiger partial charge in [-0.25, -0.2) is 9.78 Å². The van der Waals surface area contributed by atoms with E-state index in [4.69, 9.17) is 10.4 Å². The Morgan fingerprint density at radius 3 is 2.78 bits per heavy atom. The van der Waals surface area contributed by atoms with E-state index in [9.17, 15) is 9.59 Å². The molecule has 0 spiro atoms. The molecule has 1 aromatic heterocycles. The smallest absolute Gasteiger partial charge is 0.335 e. The monoisotopic (exact) mass is 305 g/mol. The lowest BCUT2D eigenvalue weighted by Crippen LogP contribution is -2.09. The lowest BCUT2D eigenvalue weighted by molar-refractivity contribution is -0.117. The molecule has 0 amide bonds. The first-order valence-electron chi connectivity index (χ1n) is 6.89. The van der Waals surface area contributed by atoms with E-state index in [1.165, 1.54) is 18.3 Å². The number of pyridine rings is 1. The molecule has 2 heterocycles. The normalized spacial score (nSPS) is 13.5. The molecule has 6 nitrogen and oxygen atoms in total. The van der Waals surface area contributed by atoms with Crippen molar-refractivity contribution in [3.05, 3.63) is 58.9 Å². The van der Waals surface area contributed by atoms with Crippen molar-refractivity contribution >= 4 is 23.2 Å². The highest BCUT2D eigenvalue weighted by Gasteiger charge is 2.19. The number of nitriles is 1. The number of carboxylic acids is 1. The third-order valence-electron chi connectivity index (χ3n) is 3.54. The highest BCUT2D eigenvalue weighted by Crippen LogP contribution is 2.27. The van der Waals surface area contributed by atoms with E-state index in [0.717, 1.165) is 0 Å². The number of carbonyl (C=O) groups excluding carboxylic acids is 1. The van der Waals surface area contributed by atoms with E-state index in [1.54, 1.807) is 18.2 Å². The summed E-state index contributed by atoms with van der Waals surface area (Å²) in [4.78, 5) is 31.6. The Morgan fingerprint density at radius 2 is 2.04 bits per heavy atom. The number of carboxylic acid groups (broad SMARTS) is 1. The molecule has 1 aliphatic heterocycles. The Kier molecular flexibility index (Phi) is 3.69. The standard InChI is InChI=1S/C17H11N3O3/c18-9-13-6-10(3-4-19-13)16-8-14(21)7-12-5-11(17(22)23)1-2-15(12)20-16/h1-6H,7-8H2,(H,22,23). The van der Waals surface area contributed by atoms with Crippen LogP contribution in [0.1, 0.15) is 33.6 Å². The maximum atomic E-state index is 12.2. The largest absolute Gasteiger partial charge is 0.478 e. The highest BCUT2D eigenvalue weighted by molar-refractivity contribution is 6.13. The van der Waals surface area contributed by atoms with Crippen LogP contribution in [0.5, 0.6) is 0 Å². The highest BCUT2D eigenvalue weighted by atomic mass is 16.4. The topological polar surface area (TPSA) is 103 Å². The molecule has 1 aliphatic rings. The van der Waals surface area contributed by atoms with Crippen LogP contribution in [-0.2, 0) is 11.2 Å². The van der Waals surface area contributed by atoms with Crippen molar-refractivity contribution in [1.29, 1.82) is 5.26 Å². The Morgan fingerprint density at radius 1 is 1.22 bits per heavy atom. The van der Waals surface area contributed by atoms with Crippen LogP contribution >= 0.6 is 0 Å². The molecule has 3 rings (SSSR count). The molecule has 0 atom stereocenters. The molecule has 6 heteroatoms. The first kappa shape index (κ1) is 14.6. The van der Waals surface area contributed by atoms with Crippen LogP contribution < -0.4 is 0 Å². The molecular weight excluding hydrogens is 294 g/mol. The summed E-state index contributed by atoms with van der Waals surface area (Å²) in [5.41, 5.74) is 2.77. The number of ketones is 1. The van der Waals surface area contributed by atoms with Crippen LogP contribution in [-0.4, -0.2) is 27.6 Å². The number of hydrogen-bond donors (Lipinski definition) is 1. The van der Waals surface area contributed by atoms with Crippen molar-refractivity contribution in [2.75, 3.05) is 0 Å². The fraction of sp³-hybridized carbons (Fsp3) is 0.118. The number of hydrogen-bond acceptors (Lipinski definition) is 5. The molecule has 112 valence electrons. The average Bonchev–Trinajstić information content (AvgIpc) is 2.72. The van der Waals surface area contributed by atoms with Crippen LogP contribution in [0, 0.1) is 11.3 Å². The van der Waals surface area contributed by atoms with Crippen molar-refractivity contribution in [3.8, 4) is 6.07 Å². The molecular formula is C17H11N3O3. The number of aromatic nitrogens is 1. The molecule has 0 saturated heterocycles. The van der Waals surface area contributed by atoms with Gasteiger partial charge in [0, 0.05) is 24.6 Å². The summed E-state index contributed by atoms with van der Waals surface area (Å²) < 4.78 is 0. The zero-order valence-electron chi connectivity index (χ0n) is 12.0. The molecule has 23 heavy (non-hydrogen) atoms.